The largest absolute Gasteiger partial charge is 0.497 e. The molecule has 1 aromatic heterocycles. The van der Waals surface area contributed by atoms with Crippen LogP contribution in [0.2, 0.25) is 0 Å². The van der Waals surface area contributed by atoms with Gasteiger partial charge >= 0.3 is 0 Å². The number of ether oxygens (including phenoxy) is 2. The normalized spacial score (nSPS) is 10.5. The molecule has 6 nitrogen and oxygen atoms in total. The molecule has 2 aromatic carbocycles. The second-order valence-electron chi connectivity index (χ2n) is 6.12. The molecule has 0 bridgehead atoms. The van der Waals surface area contributed by atoms with E-state index in [0.717, 1.165) is 22.7 Å². The van der Waals surface area contributed by atoms with Crippen LogP contribution in [-0.2, 0) is 13.2 Å². The average Bonchev–Trinajstić information content (AvgIpc) is 3.11. The maximum Gasteiger partial charge on any atom is 0.254 e. The minimum absolute atomic E-state index is 0.0669. The van der Waals surface area contributed by atoms with Gasteiger partial charge in [-0.25, -0.2) is 0 Å². The number of methoxy groups -OCH3 is 1. The van der Waals surface area contributed by atoms with Gasteiger partial charge in [-0.15, -0.1) is 0 Å². The number of hydrogen-bond donors (Lipinski definition) is 0. The molecular formula is C20H21N3O3S. The van der Waals surface area contributed by atoms with E-state index < -0.39 is 0 Å². The fourth-order valence-electron chi connectivity index (χ4n) is 2.55. The Labute approximate surface area is 162 Å². The predicted octanol–water partition coefficient (Wildman–Crippen LogP) is 3.71. The maximum atomic E-state index is 12.7. The van der Waals surface area contributed by atoms with Gasteiger partial charge in [-0.1, -0.05) is 18.2 Å². The number of benzene rings is 2. The van der Waals surface area contributed by atoms with Crippen LogP contribution in [0.5, 0.6) is 11.5 Å². The first-order valence-corrected chi connectivity index (χ1v) is 9.19. The summed E-state index contributed by atoms with van der Waals surface area (Å²) >= 11 is 1.17. The first-order chi connectivity index (χ1) is 13.1. The van der Waals surface area contributed by atoms with Crippen molar-refractivity contribution in [2.75, 3.05) is 14.2 Å². The third-order valence-electron chi connectivity index (χ3n) is 4.13. The van der Waals surface area contributed by atoms with Crippen molar-refractivity contribution < 1.29 is 14.3 Å². The summed E-state index contributed by atoms with van der Waals surface area (Å²) in [6, 6.07) is 14.9. The van der Waals surface area contributed by atoms with Crippen molar-refractivity contribution in [3.63, 3.8) is 0 Å². The second-order valence-corrected chi connectivity index (χ2v) is 6.65. The van der Waals surface area contributed by atoms with Gasteiger partial charge in [-0.2, -0.15) is 8.75 Å². The monoisotopic (exact) mass is 383 g/mol. The van der Waals surface area contributed by atoms with Crippen LogP contribution in [-0.4, -0.2) is 33.7 Å². The zero-order chi connectivity index (χ0) is 19.2. The third-order valence-corrected chi connectivity index (χ3v) is 4.79. The van der Waals surface area contributed by atoms with Gasteiger partial charge in [0.05, 0.1) is 24.5 Å². The molecule has 0 fully saturated rings. The number of aromatic nitrogens is 2. The molecule has 0 N–H and O–H groups in total. The van der Waals surface area contributed by atoms with Crippen molar-refractivity contribution in [3.05, 3.63) is 71.0 Å². The Morgan fingerprint density at radius 3 is 2.56 bits per heavy atom. The van der Waals surface area contributed by atoms with Crippen molar-refractivity contribution >= 4 is 17.6 Å². The van der Waals surface area contributed by atoms with Crippen LogP contribution in [0.3, 0.4) is 0 Å². The number of carbonyl (C=O) groups is 1. The van der Waals surface area contributed by atoms with E-state index in [1.807, 2.05) is 43.3 Å². The zero-order valence-corrected chi connectivity index (χ0v) is 16.3. The Balaban J connectivity index is 1.64. The second kappa shape index (κ2) is 8.64. The lowest BCUT2D eigenvalue weighted by atomic mass is 10.1. The highest BCUT2D eigenvalue weighted by molar-refractivity contribution is 6.99. The van der Waals surface area contributed by atoms with E-state index in [-0.39, 0.29) is 5.91 Å². The van der Waals surface area contributed by atoms with Crippen LogP contribution in [0.15, 0.2) is 48.5 Å². The Morgan fingerprint density at radius 2 is 1.89 bits per heavy atom. The molecule has 27 heavy (non-hydrogen) atoms. The summed E-state index contributed by atoms with van der Waals surface area (Å²) in [4.78, 5) is 14.4. The molecule has 7 heteroatoms. The van der Waals surface area contributed by atoms with E-state index in [1.54, 1.807) is 31.2 Å². The van der Waals surface area contributed by atoms with Gasteiger partial charge in [-0.05, 0) is 42.8 Å². The first kappa shape index (κ1) is 18.8. The molecule has 0 aliphatic heterocycles. The van der Waals surface area contributed by atoms with E-state index in [1.165, 1.54) is 11.7 Å². The van der Waals surface area contributed by atoms with Crippen LogP contribution in [0, 0.1) is 6.92 Å². The molecule has 0 aliphatic carbocycles. The molecular weight excluding hydrogens is 362 g/mol. The van der Waals surface area contributed by atoms with Crippen LogP contribution in [0.1, 0.15) is 27.3 Å². The van der Waals surface area contributed by atoms with Crippen molar-refractivity contribution in [2.45, 2.75) is 20.1 Å². The van der Waals surface area contributed by atoms with Gasteiger partial charge < -0.3 is 14.4 Å². The van der Waals surface area contributed by atoms with E-state index in [4.69, 9.17) is 9.47 Å². The quantitative estimate of drug-likeness (QED) is 0.622. The van der Waals surface area contributed by atoms with Crippen LogP contribution in [0.4, 0.5) is 0 Å². The summed E-state index contributed by atoms with van der Waals surface area (Å²) < 4.78 is 19.3. The number of aryl methyl sites for hydroxylation is 1. The summed E-state index contributed by atoms with van der Waals surface area (Å²) in [5.41, 5.74) is 3.29. The van der Waals surface area contributed by atoms with Gasteiger partial charge in [-0.3, -0.25) is 4.79 Å². The highest BCUT2D eigenvalue weighted by Crippen LogP contribution is 2.18. The minimum atomic E-state index is -0.0669. The molecule has 0 atom stereocenters. The van der Waals surface area contributed by atoms with E-state index in [0.29, 0.717) is 24.5 Å². The summed E-state index contributed by atoms with van der Waals surface area (Å²) in [5.74, 6) is 1.36. The van der Waals surface area contributed by atoms with Gasteiger partial charge in [0, 0.05) is 19.2 Å². The lowest BCUT2D eigenvalue weighted by molar-refractivity contribution is 0.0784. The van der Waals surface area contributed by atoms with Crippen molar-refractivity contribution in [1.29, 1.82) is 0 Å². The molecule has 0 unspecified atom stereocenters. The molecule has 3 rings (SSSR count). The molecule has 1 heterocycles. The van der Waals surface area contributed by atoms with Crippen molar-refractivity contribution in [1.82, 2.24) is 13.6 Å². The first-order valence-electron chi connectivity index (χ1n) is 8.46. The fourth-order valence-corrected chi connectivity index (χ4v) is 3.10. The standard InChI is InChI=1S/C20H21N3O3S/c1-14-19(22-27-21-14)13-26-18-6-4-5-16(11-18)20(24)23(2)12-15-7-9-17(25-3)10-8-15/h4-11H,12-13H2,1-3H3. The lowest BCUT2D eigenvalue weighted by Gasteiger charge is -2.18. The molecule has 3 aromatic rings. The number of amides is 1. The summed E-state index contributed by atoms with van der Waals surface area (Å²) in [6.45, 7) is 2.75. The molecule has 0 saturated carbocycles. The average molecular weight is 383 g/mol. The van der Waals surface area contributed by atoms with Gasteiger partial charge in [0.1, 0.15) is 23.8 Å². The number of carbonyl (C=O) groups excluding carboxylic acids is 1. The predicted molar refractivity (Wildman–Crippen MR) is 104 cm³/mol. The van der Waals surface area contributed by atoms with Gasteiger partial charge in [0.2, 0.25) is 0 Å². The highest BCUT2D eigenvalue weighted by atomic mass is 32.1. The van der Waals surface area contributed by atoms with E-state index >= 15 is 0 Å². The van der Waals surface area contributed by atoms with Gasteiger partial charge in [0.25, 0.3) is 5.91 Å². The highest BCUT2D eigenvalue weighted by Gasteiger charge is 2.13. The number of nitrogens with zero attached hydrogens (tertiary/aromatic N) is 3. The lowest BCUT2D eigenvalue weighted by Crippen LogP contribution is -2.26. The zero-order valence-electron chi connectivity index (χ0n) is 15.5. The summed E-state index contributed by atoms with van der Waals surface area (Å²) in [5, 5.41) is 0. The smallest absolute Gasteiger partial charge is 0.254 e. The topological polar surface area (TPSA) is 64.5 Å². The molecule has 0 spiro atoms. The molecule has 0 radical (unpaired) electrons. The van der Waals surface area contributed by atoms with Crippen LogP contribution < -0.4 is 9.47 Å². The third kappa shape index (κ3) is 4.83. The fraction of sp³-hybridized carbons (Fsp3) is 0.250. The Kier molecular flexibility index (Phi) is 6.03. The Bertz CT molecular complexity index is 909. The van der Waals surface area contributed by atoms with E-state index in [9.17, 15) is 4.79 Å². The SMILES string of the molecule is COc1ccc(CN(C)C(=O)c2cccc(OCc3nsnc3C)c2)cc1. The Hall–Kier alpha value is -2.93. The maximum absolute atomic E-state index is 12.7. The summed E-state index contributed by atoms with van der Waals surface area (Å²) in [7, 11) is 3.41. The van der Waals surface area contributed by atoms with E-state index in [2.05, 4.69) is 8.75 Å². The molecule has 140 valence electrons. The summed E-state index contributed by atoms with van der Waals surface area (Å²) in [6.07, 6.45) is 0. The Morgan fingerprint density at radius 1 is 1.11 bits per heavy atom. The van der Waals surface area contributed by atoms with Gasteiger partial charge in [0.15, 0.2) is 0 Å². The molecule has 1 amide bonds. The van der Waals surface area contributed by atoms with Crippen LogP contribution in [0.25, 0.3) is 0 Å². The van der Waals surface area contributed by atoms with Crippen molar-refractivity contribution in [2.24, 2.45) is 0 Å². The number of rotatable bonds is 7. The van der Waals surface area contributed by atoms with Crippen molar-refractivity contribution in [3.8, 4) is 11.5 Å². The van der Waals surface area contributed by atoms with Crippen LogP contribution >= 0.6 is 11.7 Å². The molecule has 0 aliphatic rings. The molecule has 0 saturated heterocycles. The minimum Gasteiger partial charge on any atom is -0.497 e. The number of hydrogen-bond acceptors (Lipinski definition) is 6.